The summed E-state index contributed by atoms with van der Waals surface area (Å²) < 4.78 is 25.4. The van der Waals surface area contributed by atoms with Gasteiger partial charge >= 0.3 is 0 Å². The van der Waals surface area contributed by atoms with Gasteiger partial charge in [-0.3, -0.25) is 4.98 Å². The van der Waals surface area contributed by atoms with Crippen molar-refractivity contribution in [3.63, 3.8) is 0 Å². The third-order valence-electron chi connectivity index (χ3n) is 2.36. The van der Waals surface area contributed by atoms with E-state index in [9.17, 15) is 8.42 Å². The highest BCUT2D eigenvalue weighted by Gasteiger charge is 2.21. The third kappa shape index (κ3) is 2.65. The Bertz CT molecular complexity index is 657. The SMILES string of the molecule is O=S(=O)(c1ccccc1)c1cc(CBr)ncc1Br. The van der Waals surface area contributed by atoms with E-state index in [0.717, 1.165) is 0 Å². The molecule has 0 saturated carbocycles. The highest BCUT2D eigenvalue weighted by atomic mass is 79.9. The molecule has 6 heteroatoms. The van der Waals surface area contributed by atoms with E-state index in [1.54, 1.807) is 36.4 Å². The van der Waals surface area contributed by atoms with Crippen molar-refractivity contribution in [2.75, 3.05) is 0 Å². The van der Waals surface area contributed by atoms with Gasteiger partial charge < -0.3 is 0 Å². The van der Waals surface area contributed by atoms with Crippen molar-refractivity contribution < 1.29 is 8.42 Å². The Balaban J connectivity index is 2.61. The number of hydrogen-bond acceptors (Lipinski definition) is 3. The van der Waals surface area contributed by atoms with Gasteiger partial charge in [0.05, 0.1) is 20.0 Å². The third-order valence-corrected chi connectivity index (χ3v) is 5.64. The van der Waals surface area contributed by atoms with Gasteiger partial charge in [-0.2, -0.15) is 0 Å². The molecule has 18 heavy (non-hydrogen) atoms. The molecule has 3 nitrogen and oxygen atoms in total. The lowest BCUT2D eigenvalue weighted by Gasteiger charge is -2.07. The van der Waals surface area contributed by atoms with Crippen LogP contribution < -0.4 is 0 Å². The van der Waals surface area contributed by atoms with E-state index >= 15 is 0 Å². The van der Waals surface area contributed by atoms with Crippen LogP contribution in [-0.2, 0) is 15.2 Å². The molecule has 0 aliphatic carbocycles. The fraction of sp³-hybridized carbons (Fsp3) is 0.0833. The summed E-state index contributed by atoms with van der Waals surface area (Å²) >= 11 is 6.50. The summed E-state index contributed by atoms with van der Waals surface area (Å²) in [5.41, 5.74) is 0.674. The molecule has 0 spiro atoms. The summed E-state index contributed by atoms with van der Waals surface area (Å²) in [4.78, 5) is 4.62. The molecule has 2 rings (SSSR count). The minimum Gasteiger partial charge on any atom is -0.259 e. The Kier molecular flexibility index (Phi) is 4.19. The zero-order valence-electron chi connectivity index (χ0n) is 9.18. The van der Waals surface area contributed by atoms with E-state index in [2.05, 4.69) is 36.8 Å². The van der Waals surface area contributed by atoms with Crippen LogP contribution in [0.5, 0.6) is 0 Å². The van der Waals surface area contributed by atoms with E-state index < -0.39 is 9.84 Å². The second-order valence-corrected chi connectivity index (χ2v) is 6.89. The molecular formula is C12H9Br2NO2S. The van der Waals surface area contributed by atoms with Gasteiger partial charge in [0, 0.05) is 11.5 Å². The molecule has 0 amide bonds. The quantitative estimate of drug-likeness (QED) is 0.752. The van der Waals surface area contributed by atoms with Gasteiger partial charge in [-0.1, -0.05) is 34.1 Å². The normalized spacial score (nSPS) is 11.4. The van der Waals surface area contributed by atoms with Crippen LogP contribution in [0.25, 0.3) is 0 Å². The summed E-state index contributed by atoms with van der Waals surface area (Å²) in [6.07, 6.45) is 1.51. The molecule has 0 aliphatic rings. The topological polar surface area (TPSA) is 47.0 Å². The Morgan fingerprint density at radius 2 is 1.83 bits per heavy atom. The van der Waals surface area contributed by atoms with Crippen molar-refractivity contribution in [1.29, 1.82) is 0 Å². The van der Waals surface area contributed by atoms with Gasteiger partial charge in [0.1, 0.15) is 0 Å². The second kappa shape index (κ2) is 5.50. The lowest BCUT2D eigenvalue weighted by molar-refractivity contribution is 0.595. The molecule has 1 aromatic carbocycles. The van der Waals surface area contributed by atoms with Crippen molar-refractivity contribution >= 4 is 41.7 Å². The monoisotopic (exact) mass is 389 g/mol. The number of hydrogen-bond donors (Lipinski definition) is 0. The van der Waals surface area contributed by atoms with Crippen LogP contribution in [0.3, 0.4) is 0 Å². The first-order valence-corrected chi connectivity index (χ1v) is 8.46. The smallest absolute Gasteiger partial charge is 0.207 e. The molecular weight excluding hydrogens is 382 g/mol. The first kappa shape index (κ1) is 13.7. The molecule has 0 N–H and O–H groups in total. The number of nitrogens with zero attached hydrogens (tertiary/aromatic N) is 1. The average Bonchev–Trinajstić information content (AvgIpc) is 2.40. The molecule has 1 heterocycles. The van der Waals surface area contributed by atoms with E-state index in [4.69, 9.17) is 0 Å². The standard InChI is InChI=1S/C12H9Br2NO2S/c13-7-9-6-12(11(14)8-15-9)18(16,17)10-4-2-1-3-5-10/h1-6,8H,7H2. The number of rotatable bonds is 3. The van der Waals surface area contributed by atoms with Gasteiger partial charge in [-0.25, -0.2) is 8.42 Å². The van der Waals surface area contributed by atoms with Crippen LogP contribution in [0.1, 0.15) is 5.69 Å². The zero-order valence-corrected chi connectivity index (χ0v) is 13.2. The maximum Gasteiger partial charge on any atom is 0.207 e. The van der Waals surface area contributed by atoms with Crippen molar-refractivity contribution in [2.45, 2.75) is 15.1 Å². The fourth-order valence-electron chi connectivity index (χ4n) is 1.47. The molecule has 0 saturated heterocycles. The Labute approximate surface area is 122 Å². The Morgan fingerprint density at radius 3 is 2.44 bits per heavy atom. The summed E-state index contributed by atoms with van der Waals surface area (Å²) in [5.74, 6) is 0. The largest absolute Gasteiger partial charge is 0.259 e. The predicted molar refractivity (Wildman–Crippen MR) is 76.5 cm³/mol. The highest BCUT2D eigenvalue weighted by molar-refractivity contribution is 9.10. The van der Waals surface area contributed by atoms with Crippen LogP contribution in [0, 0.1) is 0 Å². The number of sulfone groups is 1. The van der Waals surface area contributed by atoms with E-state index in [-0.39, 0.29) is 9.79 Å². The van der Waals surface area contributed by atoms with Crippen LogP contribution in [0.15, 0.2) is 56.9 Å². The average molecular weight is 391 g/mol. The summed E-state index contributed by atoms with van der Waals surface area (Å²) in [6, 6.07) is 9.92. The van der Waals surface area contributed by atoms with Crippen LogP contribution >= 0.6 is 31.9 Å². The lowest BCUT2D eigenvalue weighted by Crippen LogP contribution is -2.04. The van der Waals surface area contributed by atoms with Crippen molar-refractivity contribution in [3.8, 4) is 0 Å². The molecule has 0 atom stereocenters. The Hall–Kier alpha value is -0.720. The minimum atomic E-state index is -3.51. The fourth-order valence-corrected chi connectivity index (χ4v) is 4.00. The van der Waals surface area contributed by atoms with Crippen LogP contribution in [-0.4, -0.2) is 13.4 Å². The van der Waals surface area contributed by atoms with Crippen molar-refractivity contribution in [1.82, 2.24) is 4.98 Å². The maximum atomic E-state index is 12.4. The Morgan fingerprint density at radius 1 is 1.17 bits per heavy atom. The predicted octanol–water partition coefficient (Wildman–Crippen LogP) is 3.57. The number of halogens is 2. The first-order valence-electron chi connectivity index (χ1n) is 5.06. The van der Waals surface area contributed by atoms with E-state index in [0.29, 0.717) is 15.5 Å². The summed E-state index contributed by atoms with van der Waals surface area (Å²) in [7, 11) is -3.51. The van der Waals surface area contributed by atoms with Gasteiger partial charge in [0.15, 0.2) is 0 Å². The molecule has 0 fully saturated rings. The van der Waals surface area contributed by atoms with Gasteiger partial charge in [0.25, 0.3) is 0 Å². The maximum absolute atomic E-state index is 12.4. The number of alkyl halides is 1. The molecule has 0 radical (unpaired) electrons. The van der Waals surface area contributed by atoms with Gasteiger partial charge in [-0.05, 0) is 34.1 Å². The molecule has 94 valence electrons. The van der Waals surface area contributed by atoms with E-state index in [1.165, 1.54) is 6.20 Å². The first-order chi connectivity index (χ1) is 8.55. The second-order valence-electron chi connectivity index (χ2n) is 3.56. The zero-order chi connectivity index (χ0) is 13.2. The highest BCUT2D eigenvalue weighted by Crippen LogP contribution is 2.28. The van der Waals surface area contributed by atoms with Gasteiger partial charge in [-0.15, -0.1) is 0 Å². The molecule has 0 unspecified atom stereocenters. The summed E-state index contributed by atoms with van der Waals surface area (Å²) in [5, 5.41) is 0.511. The molecule has 0 bridgehead atoms. The summed E-state index contributed by atoms with van der Waals surface area (Å²) in [6.45, 7) is 0. The van der Waals surface area contributed by atoms with Gasteiger partial charge in [0.2, 0.25) is 9.84 Å². The molecule has 1 aromatic heterocycles. The van der Waals surface area contributed by atoms with Crippen LogP contribution in [0.2, 0.25) is 0 Å². The van der Waals surface area contributed by atoms with Crippen LogP contribution in [0.4, 0.5) is 0 Å². The number of benzene rings is 1. The minimum absolute atomic E-state index is 0.234. The number of aromatic nitrogens is 1. The lowest BCUT2D eigenvalue weighted by atomic mass is 10.4. The molecule has 0 aliphatic heterocycles. The number of pyridine rings is 1. The van der Waals surface area contributed by atoms with Crippen molar-refractivity contribution in [3.05, 3.63) is 52.8 Å². The van der Waals surface area contributed by atoms with Crippen molar-refractivity contribution in [2.24, 2.45) is 0 Å². The molecule has 2 aromatic rings. The van der Waals surface area contributed by atoms with E-state index in [1.807, 2.05) is 0 Å².